The molecule has 0 bridgehead atoms. The fourth-order valence-electron chi connectivity index (χ4n) is 0.477. The van der Waals surface area contributed by atoms with E-state index in [0.717, 1.165) is 5.69 Å². The molecule has 0 spiro atoms. The van der Waals surface area contributed by atoms with Crippen molar-refractivity contribution in [3.8, 4) is 0 Å². The third kappa shape index (κ3) is 1.64. The first-order valence-electron chi connectivity index (χ1n) is 2.60. The zero-order valence-corrected chi connectivity index (χ0v) is 5.60. The van der Waals surface area contributed by atoms with Crippen molar-refractivity contribution >= 4 is 11.6 Å². The maximum Gasteiger partial charge on any atom is 0.151 e. The summed E-state index contributed by atoms with van der Waals surface area (Å²) in [7, 11) is 0. The molecule has 0 aliphatic rings. The van der Waals surface area contributed by atoms with E-state index in [2.05, 4.69) is 17.1 Å². The number of halogens is 1. The molecule has 1 rings (SSSR count). The molecule has 3 heteroatoms. The molecule has 1 heterocycles. The Bertz CT molecular complexity index is 183. The Labute approximate surface area is 58.9 Å². The third-order valence-electron chi connectivity index (χ3n) is 0.943. The van der Waals surface area contributed by atoms with Gasteiger partial charge in [0.25, 0.3) is 0 Å². The van der Waals surface area contributed by atoms with Crippen molar-refractivity contribution < 1.29 is 0 Å². The summed E-state index contributed by atoms with van der Waals surface area (Å²) in [5.41, 5.74) is 0.861. The van der Waals surface area contributed by atoms with E-state index in [-0.39, 0.29) is 0 Å². The second kappa shape index (κ2) is 2.78. The molecule has 0 N–H and O–H groups in total. The predicted octanol–water partition coefficient (Wildman–Crippen LogP) is 1.51. The van der Waals surface area contributed by atoms with Crippen LogP contribution in [-0.4, -0.2) is 10.2 Å². The summed E-state index contributed by atoms with van der Waals surface area (Å²) < 4.78 is 0. The number of aromatic nitrogens is 2. The predicted molar refractivity (Wildman–Crippen MR) is 36.1 cm³/mol. The molecule has 0 aliphatic heterocycles. The highest BCUT2D eigenvalue weighted by Gasteiger charge is 1.89. The van der Waals surface area contributed by atoms with Crippen molar-refractivity contribution in [2.24, 2.45) is 0 Å². The van der Waals surface area contributed by atoms with Gasteiger partial charge in [0.1, 0.15) is 0 Å². The maximum atomic E-state index is 5.47. The van der Waals surface area contributed by atoms with Crippen LogP contribution in [-0.2, 0) is 6.42 Å². The molecule has 0 saturated carbocycles. The first-order chi connectivity index (χ1) is 4.33. The van der Waals surface area contributed by atoms with Crippen molar-refractivity contribution in [1.82, 2.24) is 10.2 Å². The maximum absolute atomic E-state index is 5.47. The van der Waals surface area contributed by atoms with Crippen LogP contribution in [0.2, 0.25) is 5.15 Å². The van der Waals surface area contributed by atoms with E-state index in [4.69, 9.17) is 11.6 Å². The van der Waals surface area contributed by atoms with Gasteiger partial charge in [0.2, 0.25) is 0 Å². The highest BCUT2D eigenvalue weighted by Crippen LogP contribution is 2.01. The van der Waals surface area contributed by atoms with Gasteiger partial charge in [-0.2, -0.15) is 5.10 Å². The van der Waals surface area contributed by atoms with Crippen LogP contribution in [0.4, 0.5) is 0 Å². The molecule has 0 unspecified atom stereocenters. The van der Waals surface area contributed by atoms with Gasteiger partial charge in [0.05, 0.1) is 5.69 Å². The highest BCUT2D eigenvalue weighted by atomic mass is 35.5. The zero-order chi connectivity index (χ0) is 6.69. The molecular formula is C6H6ClN2. The van der Waals surface area contributed by atoms with Crippen LogP contribution in [0.1, 0.15) is 5.69 Å². The lowest BCUT2D eigenvalue weighted by Crippen LogP contribution is -1.88. The fraction of sp³-hybridized carbons (Fsp3) is 0.167. The monoisotopic (exact) mass is 141 g/mol. The topological polar surface area (TPSA) is 25.8 Å². The number of hydrogen-bond donors (Lipinski definition) is 0. The van der Waals surface area contributed by atoms with E-state index in [9.17, 15) is 0 Å². The van der Waals surface area contributed by atoms with Crippen LogP contribution < -0.4 is 0 Å². The van der Waals surface area contributed by atoms with E-state index >= 15 is 0 Å². The Morgan fingerprint density at radius 1 is 1.44 bits per heavy atom. The van der Waals surface area contributed by atoms with Gasteiger partial charge >= 0.3 is 0 Å². The molecular weight excluding hydrogens is 136 g/mol. The van der Waals surface area contributed by atoms with Crippen LogP contribution in [0.15, 0.2) is 12.1 Å². The summed E-state index contributed by atoms with van der Waals surface area (Å²) in [6, 6.07) is 3.51. The van der Waals surface area contributed by atoms with Crippen molar-refractivity contribution in [3.05, 3.63) is 29.9 Å². The lowest BCUT2D eigenvalue weighted by Gasteiger charge is -1.90. The molecule has 1 aromatic heterocycles. The molecule has 1 radical (unpaired) electrons. The quantitative estimate of drug-likeness (QED) is 0.593. The van der Waals surface area contributed by atoms with Crippen LogP contribution in [0, 0.1) is 6.92 Å². The molecule has 2 nitrogen and oxygen atoms in total. The zero-order valence-electron chi connectivity index (χ0n) is 4.84. The van der Waals surface area contributed by atoms with Crippen molar-refractivity contribution in [2.75, 3.05) is 0 Å². The summed E-state index contributed by atoms with van der Waals surface area (Å²) >= 11 is 5.47. The van der Waals surface area contributed by atoms with Gasteiger partial charge in [0, 0.05) is 0 Å². The van der Waals surface area contributed by atoms with E-state index in [1.54, 1.807) is 6.07 Å². The highest BCUT2D eigenvalue weighted by molar-refractivity contribution is 6.29. The Morgan fingerprint density at radius 3 is 2.67 bits per heavy atom. The second-order valence-electron chi connectivity index (χ2n) is 1.60. The van der Waals surface area contributed by atoms with Gasteiger partial charge in [-0.15, -0.1) is 5.10 Å². The van der Waals surface area contributed by atoms with Gasteiger partial charge in [-0.1, -0.05) is 11.6 Å². The van der Waals surface area contributed by atoms with Gasteiger partial charge in [0.15, 0.2) is 5.15 Å². The largest absolute Gasteiger partial charge is 0.154 e. The minimum atomic E-state index is 0.423. The number of hydrogen-bond acceptors (Lipinski definition) is 2. The molecule has 1 aromatic rings. The van der Waals surface area contributed by atoms with Crippen LogP contribution in [0.3, 0.4) is 0 Å². The first kappa shape index (κ1) is 6.49. The summed E-state index contributed by atoms with van der Waals surface area (Å²) in [6.07, 6.45) is 0.657. The Hall–Kier alpha value is -0.630. The lowest BCUT2D eigenvalue weighted by atomic mass is 10.3. The fourth-order valence-corrected chi connectivity index (χ4v) is 0.578. The standard InChI is InChI=1S/C6H6ClN2/c1-2-5-3-4-6(7)9-8-5/h3-4H,1-2H2. The smallest absolute Gasteiger partial charge is 0.151 e. The average Bonchev–Trinajstić information content (AvgIpc) is 1.90. The Morgan fingerprint density at radius 2 is 2.22 bits per heavy atom. The first-order valence-corrected chi connectivity index (χ1v) is 2.98. The second-order valence-corrected chi connectivity index (χ2v) is 1.98. The van der Waals surface area contributed by atoms with Crippen LogP contribution >= 0.6 is 11.6 Å². The molecule has 0 aromatic carbocycles. The average molecular weight is 142 g/mol. The summed E-state index contributed by atoms with van der Waals surface area (Å²) in [5, 5.41) is 7.80. The third-order valence-corrected chi connectivity index (χ3v) is 1.14. The molecule has 0 atom stereocenters. The normalized spacial score (nSPS) is 9.56. The van der Waals surface area contributed by atoms with Gasteiger partial charge < -0.3 is 0 Å². The van der Waals surface area contributed by atoms with Gasteiger partial charge in [-0.25, -0.2) is 0 Å². The van der Waals surface area contributed by atoms with E-state index < -0.39 is 0 Å². The summed E-state index contributed by atoms with van der Waals surface area (Å²) in [4.78, 5) is 0. The van der Waals surface area contributed by atoms with Gasteiger partial charge in [-0.3, -0.25) is 0 Å². The lowest BCUT2D eigenvalue weighted by molar-refractivity contribution is 0.948. The minimum absolute atomic E-state index is 0.423. The van der Waals surface area contributed by atoms with Crippen molar-refractivity contribution in [2.45, 2.75) is 6.42 Å². The number of nitrogens with zero attached hydrogens (tertiary/aromatic N) is 2. The molecule has 9 heavy (non-hydrogen) atoms. The van der Waals surface area contributed by atoms with Crippen LogP contribution in [0.25, 0.3) is 0 Å². The van der Waals surface area contributed by atoms with Crippen molar-refractivity contribution in [1.29, 1.82) is 0 Å². The van der Waals surface area contributed by atoms with E-state index in [1.165, 1.54) is 0 Å². The molecule has 0 amide bonds. The van der Waals surface area contributed by atoms with Gasteiger partial charge in [-0.05, 0) is 25.5 Å². The minimum Gasteiger partial charge on any atom is -0.154 e. The van der Waals surface area contributed by atoms with E-state index in [0.29, 0.717) is 11.6 Å². The summed E-state index contributed by atoms with van der Waals surface area (Å²) in [5.74, 6) is 0. The summed E-state index contributed by atoms with van der Waals surface area (Å²) in [6.45, 7) is 3.64. The molecule has 0 saturated heterocycles. The Kier molecular flexibility index (Phi) is 2.01. The molecule has 47 valence electrons. The Balaban J connectivity index is 2.88. The van der Waals surface area contributed by atoms with Crippen molar-refractivity contribution in [3.63, 3.8) is 0 Å². The SMILES string of the molecule is [CH2]Cc1ccc(Cl)nn1. The van der Waals surface area contributed by atoms with E-state index in [1.807, 2.05) is 6.07 Å². The molecule has 0 aliphatic carbocycles. The molecule has 0 fully saturated rings. The van der Waals surface area contributed by atoms with Crippen LogP contribution in [0.5, 0.6) is 0 Å². The number of rotatable bonds is 1.